The summed E-state index contributed by atoms with van der Waals surface area (Å²) in [5.41, 5.74) is 7.71. The minimum Gasteiger partial charge on any atom is -0.326 e. The van der Waals surface area contributed by atoms with E-state index in [-0.39, 0.29) is 12.1 Å². The van der Waals surface area contributed by atoms with Gasteiger partial charge in [0, 0.05) is 17.1 Å². The lowest BCUT2D eigenvalue weighted by atomic mass is 9.89. The van der Waals surface area contributed by atoms with E-state index in [0.717, 1.165) is 18.0 Å². The Morgan fingerprint density at radius 3 is 2.71 bits per heavy atom. The Hall–Kier alpha value is -0.570. The smallest absolute Gasteiger partial charge is 0.0516 e. The Morgan fingerprint density at radius 1 is 1.29 bits per heavy atom. The molecule has 21 heavy (non-hydrogen) atoms. The summed E-state index contributed by atoms with van der Waals surface area (Å²) in [5, 5.41) is 0.854. The lowest BCUT2D eigenvalue weighted by molar-refractivity contribution is 0.0726. The van der Waals surface area contributed by atoms with E-state index in [1.54, 1.807) is 0 Å². The summed E-state index contributed by atoms with van der Waals surface area (Å²) in [4.78, 5) is 2.64. The van der Waals surface area contributed by atoms with Crippen LogP contribution in [0.1, 0.15) is 64.0 Å². The van der Waals surface area contributed by atoms with Crippen LogP contribution in [0, 0.1) is 0 Å². The van der Waals surface area contributed by atoms with E-state index >= 15 is 0 Å². The molecule has 1 aliphatic rings. The summed E-state index contributed by atoms with van der Waals surface area (Å²) < 4.78 is 0. The second-order valence-electron chi connectivity index (χ2n) is 6.21. The van der Waals surface area contributed by atoms with Crippen LogP contribution in [-0.4, -0.2) is 23.5 Å². The maximum atomic E-state index is 6.51. The SMILES string of the molecule is CCCC1CCCCN1C(c1ccccc1Cl)C(N)CC. The van der Waals surface area contributed by atoms with Gasteiger partial charge in [-0.15, -0.1) is 0 Å². The Bertz CT molecular complexity index is 433. The van der Waals surface area contributed by atoms with Crippen molar-refractivity contribution in [1.82, 2.24) is 4.90 Å². The second kappa shape index (κ2) is 8.17. The zero-order valence-electron chi connectivity index (χ0n) is 13.4. The molecule has 1 aromatic carbocycles. The van der Waals surface area contributed by atoms with Crippen molar-refractivity contribution in [2.45, 2.75) is 70.5 Å². The molecule has 2 N–H and O–H groups in total. The molecule has 3 atom stereocenters. The lowest BCUT2D eigenvalue weighted by Crippen LogP contribution is -2.48. The minimum atomic E-state index is 0.141. The number of hydrogen-bond acceptors (Lipinski definition) is 2. The summed E-state index contributed by atoms with van der Waals surface area (Å²) in [7, 11) is 0. The number of likely N-dealkylation sites (tertiary alicyclic amines) is 1. The van der Waals surface area contributed by atoms with Gasteiger partial charge in [0.1, 0.15) is 0 Å². The van der Waals surface area contributed by atoms with Crippen LogP contribution in [0.4, 0.5) is 0 Å². The number of hydrogen-bond donors (Lipinski definition) is 1. The van der Waals surface area contributed by atoms with Gasteiger partial charge in [-0.2, -0.15) is 0 Å². The van der Waals surface area contributed by atoms with E-state index < -0.39 is 0 Å². The van der Waals surface area contributed by atoms with Crippen molar-refractivity contribution in [3.8, 4) is 0 Å². The van der Waals surface area contributed by atoms with E-state index in [1.165, 1.54) is 37.7 Å². The highest BCUT2D eigenvalue weighted by Crippen LogP contribution is 2.36. The van der Waals surface area contributed by atoms with Crippen molar-refractivity contribution in [2.24, 2.45) is 5.73 Å². The van der Waals surface area contributed by atoms with Crippen molar-refractivity contribution in [1.29, 1.82) is 0 Å². The molecule has 0 aliphatic carbocycles. The van der Waals surface area contributed by atoms with Crippen LogP contribution in [-0.2, 0) is 0 Å². The van der Waals surface area contributed by atoms with Crippen LogP contribution in [0.3, 0.4) is 0 Å². The first kappa shape index (κ1) is 16.8. The normalized spacial score (nSPS) is 23.0. The molecule has 3 unspecified atom stereocenters. The van der Waals surface area contributed by atoms with Crippen LogP contribution >= 0.6 is 11.6 Å². The highest BCUT2D eigenvalue weighted by atomic mass is 35.5. The van der Waals surface area contributed by atoms with Gasteiger partial charge in [0.2, 0.25) is 0 Å². The van der Waals surface area contributed by atoms with Crippen molar-refractivity contribution >= 4 is 11.6 Å². The van der Waals surface area contributed by atoms with Gasteiger partial charge < -0.3 is 5.73 Å². The summed E-state index contributed by atoms with van der Waals surface area (Å²) in [6.45, 7) is 5.60. The Labute approximate surface area is 134 Å². The molecule has 118 valence electrons. The first-order chi connectivity index (χ1) is 10.2. The predicted molar refractivity (Wildman–Crippen MR) is 91.7 cm³/mol. The molecule has 1 heterocycles. The number of piperidine rings is 1. The van der Waals surface area contributed by atoms with Gasteiger partial charge >= 0.3 is 0 Å². The van der Waals surface area contributed by atoms with E-state index in [0.29, 0.717) is 6.04 Å². The number of benzene rings is 1. The van der Waals surface area contributed by atoms with Crippen LogP contribution in [0.15, 0.2) is 24.3 Å². The Kier molecular flexibility index (Phi) is 6.53. The fraction of sp³-hybridized carbons (Fsp3) is 0.667. The summed E-state index contributed by atoms with van der Waals surface area (Å²) >= 11 is 6.48. The fourth-order valence-electron chi connectivity index (χ4n) is 3.63. The number of rotatable bonds is 6. The third-order valence-corrected chi connectivity index (χ3v) is 5.10. The van der Waals surface area contributed by atoms with Crippen LogP contribution in [0.25, 0.3) is 0 Å². The molecule has 2 nitrogen and oxygen atoms in total. The maximum Gasteiger partial charge on any atom is 0.0516 e. The lowest BCUT2D eigenvalue weighted by Gasteiger charge is -2.44. The molecule has 1 saturated heterocycles. The first-order valence-electron chi connectivity index (χ1n) is 8.44. The van der Waals surface area contributed by atoms with Crippen molar-refractivity contribution < 1.29 is 0 Å². The summed E-state index contributed by atoms with van der Waals surface area (Å²) in [5.74, 6) is 0. The molecule has 0 amide bonds. The van der Waals surface area contributed by atoms with Gasteiger partial charge in [0.05, 0.1) is 6.04 Å². The highest BCUT2D eigenvalue weighted by Gasteiger charge is 2.33. The van der Waals surface area contributed by atoms with E-state index in [4.69, 9.17) is 17.3 Å². The molecular formula is C18H29ClN2. The van der Waals surface area contributed by atoms with Gasteiger partial charge in [0.15, 0.2) is 0 Å². The Morgan fingerprint density at radius 2 is 2.05 bits per heavy atom. The third kappa shape index (κ3) is 4.00. The van der Waals surface area contributed by atoms with Crippen molar-refractivity contribution in [2.75, 3.05) is 6.54 Å². The molecule has 0 saturated carbocycles. The standard InChI is InChI=1S/C18H29ClN2/c1-3-9-14-10-7-8-13-21(14)18(17(20)4-2)15-11-5-6-12-16(15)19/h5-6,11-12,14,17-18H,3-4,7-10,13,20H2,1-2H3. The topological polar surface area (TPSA) is 29.3 Å². The molecule has 0 spiro atoms. The molecule has 1 aromatic rings. The molecule has 0 aromatic heterocycles. The van der Waals surface area contributed by atoms with E-state index in [2.05, 4.69) is 30.9 Å². The van der Waals surface area contributed by atoms with Crippen LogP contribution in [0.5, 0.6) is 0 Å². The Balaban J connectivity index is 2.32. The quantitative estimate of drug-likeness (QED) is 0.820. The molecular weight excluding hydrogens is 280 g/mol. The third-order valence-electron chi connectivity index (χ3n) is 4.75. The zero-order valence-corrected chi connectivity index (χ0v) is 14.1. The molecule has 1 fully saturated rings. The highest BCUT2D eigenvalue weighted by molar-refractivity contribution is 6.31. The minimum absolute atomic E-state index is 0.141. The largest absolute Gasteiger partial charge is 0.326 e. The molecule has 3 heteroatoms. The van der Waals surface area contributed by atoms with Gasteiger partial charge in [-0.3, -0.25) is 4.90 Å². The molecule has 0 radical (unpaired) electrons. The average molecular weight is 309 g/mol. The van der Waals surface area contributed by atoms with Crippen molar-refractivity contribution in [3.05, 3.63) is 34.9 Å². The maximum absolute atomic E-state index is 6.51. The monoisotopic (exact) mass is 308 g/mol. The van der Waals surface area contributed by atoms with Crippen LogP contribution in [0.2, 0.25) is 5.02 Å². The van der Waals surface area contributed by atoms with Crippen molar-refractivity contribution in [3.63, 3.8) is 0 Å². The summed E-state index contributed by atoms with van der Waals surface area (Å²) in [6, 6.07) is 9.27. The predicted octanol–water partition coefficient (Wildman–Crippen LogP) is 4.77. The molecule has 1 aliphatic heterocycles. The molecule has 2 rings (SSSR count). The number of halogens is 1. The first-order valence-corrected chi connectivity index (χ1v) is 8.82. The average Bonchev–Trinajstić information content (AvgIpc) is 2.51. The van der Waals surface area contributed by atoms with Gasteiger partial charge in [0.25, 0.3) is 0 Å². The summed E-state index contributed by atoms with van der Waals surface area (Å²) in [6.07, 6.45) is 7.39. The van der Waals surface area contributed by atoms with E-state index in [9.17, 15) is 0 Å². The zero-order chi connectivity index (χ0) is 15.2. The fourth-order valence-corrected chi connectivity index (χ4v) is 3.87. The van der Waals surface area contributed by atoms with Gasteiger partial charge in [-0.05, 0) is 43.9 Å². The van der Waals surface area contributed by atoms with E-state index in [1.807, 2.05) is 12.1 Å². The van der Waals surface area contributed by atoms with Crippen LogP contribution < -0.4 is 5.73 Å². The molecule has 0 bridgehead atoms. The second-order valence-corrected chi connectivity index (χ2v) is 6.62. The van der Waals surface area contributed by atoms with Gasteiger partial charge in [-0.1, -0.05) is 56.5 Å². The van der Waals surface area contributed by atoms with Gasteiger partial charge in [-0.25, -0.2) is 0 Å². The number of nitrogens with zero attached hydrogens (tertiary/aromatic N) is 1. The number of nitrogens with two attached hydrogens (primary N) is 1.